The number of aliphatic hydroxyl groups is 1. The first-order chi connectivity index (χ1) is 8.29. The first-order valence-corrected chi connectivity index (χ1v) is 5.37. The normalized spacial score (nSPS) is 16.3. The predicted molar refractivity (Wildman–Crippen MR) is 55.9 cm³/mol. The zero-order valence-electron chi connectivity index (χ0n) is 10.8. The maximum absolute atomic E-state index is 13.1. The van der Waals surface area contributed by atoms with Gasteiger partial charge in [0.2, 0.25) is 6.29 Å². The van der Waals surface area contributed by atoms with Gasteiger partial charge in [0.15, 0.2) is 6.29 Å². The molecule has 0 aromatic carbocycles. The first kappa shape index (κ1) is 17.6. The van der Waals surface area contributed by atoms with E-state index in [9.17, 15) is 18.3 Å². The number of alkyl halides is 3. The van der Waals surface area contributed by atoms with E-state index in [0.29, 0.717) is 0 Å². The van der Waals surface area contributed by atoms with Crippen LogP contribution in [0.15, 0.2) is 0 Å². The van der Waals surface area contributed by atoms with Gasteiger partial charge in [0.1, 0.15) is 0 Å². The summed E-state index contributed by atoms with van der Waals surface area (Å²) in [5, 5.41) is 9.90. The average Bonchev–Trinajstić information content (AvgIpc) is 2.28. The SMILES string of the molecule is CCOC(OCC)C(O)(C(OC)OC)C(F)(F)F. The third-order valence-electron chi connectivity index (χ3n) is 2.24. The first-order valence-electron chi connectivity index (χ1n) is 5.37. The molecule has 1 unspecified atom stereocenters. The Kier molecular flexibility index (Phi) is 7.08. The van der Waals surface area contributed by atoms with Crippen LogP contribution in [0.1, 0.15) is 13.8 Å². The van der Waals surface area contributed by atoms with Gasteiger partial charge < -0.3 is 24.1 Å². The standard InChI is InChI=1S/C10H19F3O5/c1-5-17-8(18-6-2)9(14,10(11,12)13)7(15-3)16-4/h7-8,14H,5-6H2,1-4H3. The lowest BCUT2D eigenvalue weighted by molar-refractivity contribution is -0.399. The van der Waals surface area contributed by atoms with Crippen LogP contribution in [-0.2, 0) is 18.9 Å². The highest BCUT2D eigenvalue weighted by Crippen LogP contribution is 2.39. The second-order valence-corrected chi connectivity index (χ2v) is 3.37. The molecule has 0 aliphatic heterocycles. The number of hydrogen-bond donors (Lipinski definition) is 1. The zero-order chi connectivity index (χ0) is 14.4. The summed E-state index contributed by atoms with van der Waals surface area (Å²) in [5.74, 6) is 0. The quantitative estimate of drug-likeness (QED) is 0.677. The monoisotopic (exact) mass is 276 g/mol. The van der Waals surface area contributed by atoms with E-state index in [1.54, 1.807) is 0 Å². The van der Waals surface area contributed by atoms with Crippen molar-refractivity contribution in [2.75, 3.05) is 27.4 Å². The lowest BCUT2D eigenvalue weighted by Crippen LogP contribution is -2.64. The smallest absolute Gasteiger partial charge is 0.373 e. The number of ether oxygens (including phenoxy) is 4. The molecule has 8 heteroatoms. The minimum Gasteiger partial charge on any atom is -0.373 e. The van der Waals surface area contributed by atoms with E-state index >= 15 is 0 Å². The van der Waals surface area contributed by atoms with Crippen LogP contribution >= 0.6 is 0 Å². The van der Waals surface area contributed by atoms with Gasteiger partial charge in [0.25, 0.3) is 5.60 Å². The number of methoxy groups -OCH3 is 2. The number of hydrogen-bond acceptors (Lipinski definition) is 5. The summed E-state index contributed by atoms with van der Waals surface area (Å²) in [6.07, 6.45) is -8.93. The fourth-order valence-corrected chi connectivity index (χ4v) is 1.44. The zero-order valence-corrected chi connectivity index (χ0v) is 10.8. The molecular weight excluding hydrogens is 257 g/mol. The molecule has 1 N–H and O–H groups in total. The van der Waals surface area contributed by atoms with Crippen molar-refractivity contribution in [3.63, 3.8) is 0 Å². The minimum absolute atomic E-state index is 0.0663. The summed E-state index contributed by atoms with van der Waals surface area (Å²) < 4.78 is 57.8. The molecule has 0 saturated carbocycles. The van der Waals surface area contributed by atoms with Crippen LogP contribution in [0.5, 0.6) is 0 Å². The molecule has 0 saturated heterocycles. The molecule has 1 atom stereocenters. The van der Waals surface area contributed by atoms with Gasteiger partial charge in [-0.25, -0.2) is 0 Å². The molecule has 0 spiro atoms. The minimum atomic E-state index is -5.04. The fraction of sp³-hybridized carbons (Fsp3) is 1.00. The Morgan fingerprint density at radius 2 is 1.33 bits per heavy atom. The Bertz CT molecular complexity index is 226. The largest absolute Gasteiger partial charge is 0.427 e. The van der Waals surface area contributed by atoms with Crippen molar-refractivity contribution in [2.45, 2.75) is 38.2 Å². The predicted octanol–water partition coefficient (Wildman–Crippen LogP) is 1.30. The highest BCUT2D eigenvalue weighted by Gasteiger charge is 2.66. The Balaban J connectivity index is 5.40. The van der Waals surface area contributed by atoms with E-state index < -0.39 is 24.4 Å². The summed E-state index contributed by atoms with van der Waals surface area (Å²) in [4.78, 5) is 0. The van der Waals surface area contributed by atoms with Crippen molar-refractivity contribution in [3.8, 4) is 0 Å². The van der Waals surface area contributed by atoms with E-state index in [1.165, 1.54) is 13.8 Å². The van der Waals surface area contributed by atoms with E-state index in [-0.39, 0.29) is 13.2 Å². The van der Waals surface area contributed by atoms with Gasteiger partial charge in [0, 0.05) is 27.4 Å². The highest BCUT2D eigenvalue weighted by atomic mass is 19.4. The molecule has 5 nitrogen and oxygen atoms in total. The van der Waals surface area contributed by atoms with E-state index in [1.807, 2.05) is 0 Å². The molecule has 18 heavy (non-hydrogen) atoms. The maximum atomic E-state index is 13.1. The summed E-state index contributed by atoms with van der Waals surface area (Å²) in [6, 6.07) is 0. The molecule has 0 aliphatic rings. The molecule has 0 bridgehead atoms. The Labute approximate surface area is 104 Å². The second kappa shape index (κ2) is 7.25. The molecule has 0 heterocycles. The van der Waals surface area contributed by atoms with Crippen LogP contribution in [0.25, 0.3) is 0 Å². The summed E-state index contributed by atoms with van der Waals surface area (Å²) in [7, 11) is 1.97. The van der Waals surface area contributed by atoms with Gasteiger partial charge in [-0.3, -0.25) is 0 Å². The topological polar surface area (TPSA) is 57.2 Å². The van der Waals surface area contributed by atoms with Crippen molar-refractivity contribution in [1.82, 2.24) is 0 Å². The molecule has 0 aromatic rings. The highest BCUT2D eigenvalue weighted by molar-refractivity contribution is 4.94. The van der Waals surface area contributed by atoms with Crippen molar-refractivity contribution in [1.29, 1.82) is 0 Å². The summed E-state index contributed by atoms with van der Waals surface area (Å²) in [6.45, 7) is 2.83. The molecule has 0 fully saturated rings. The molecule has 110 valence electrons. The van der Waals surface area contributed by atoms with Gasteiger partial charge in [-0.05, 0) is 13.8 Å². The Morgan fingerprint density at radius 3 is 1.56 bits per heavy atom. The Morgan fingerprint density at radius 1 is 0.944 bits per heavy atom. The molecule has 0 aliphatic carbocycles. The maximum Gasteiger partial charge on any atom is 0.427 e. The molecule has 0 aromatic heterocycles. The van der Waals surface area contributed by atoms with Crippen LogP contribution in [-0.4, -0.2) is 56.9 Å². The van der Waals surface area contributed by atoms with E-state index in [4.69, 9.17) is 9.47 Å². The second-order valence-electron chi connectivity index (χ2n) is 3.37. The van der Waals surface area contributed by atoms with Crippen molar-refractivity contribution in [2.24, 2.45) is 0 Å². The summed E-state index contributed by atoms with van der Waals surface area (Å²) >= 11 is 0. The van der Waals surface area contributed by atoms with Gasteiger partial charge in [-0.1, -0.05) is 0 Å². The molecule has 0 rings (SSSR count). The van der Waals surface area contributed by atoms with Crippen molar-refractivity contribution in [3.05, 3.63) is 0 Å². The lowest BCUT2D eigenvalue weighted by Gasteiger charge is -2.40. The third-order valence-corrected chi connectivity index (χ3v) is 2.24. The molecule has 0 amide bonds. The van der Waals surface area contributed by atoms with Crippen LogP contribution in [0.4, 0.5) is 13.2 Å². The van der Waals surface area contributed by atoms with Crippen LogP contribution in [0.3, 0.4) is 0 Å². The average molecular weight is 276 g/mol. The fourth-order valence-electron chi connectivity index (χ4n) is 1.44. The summed E-state index contributed by atoms with van der Waals surface area (Å²) in [5.41, 5.74) is -3.41. The molecule has 0 radical (unpaired) electrons. The van der Waals surface area contributed by atoms with E-state index in [2.05, 4.69) is 9.47 Å². The van der Waals surface area contributed by atoms with Gasteiger partial charge in [-0.2, -0.15) is 13.2 Å². The van der Waals surface area contributed by atoms with Gasteiger partial charge >= 0.3 is 6.18 Å². The number of rotatable bonds is 8. The Hall–Kier alpha value is -0.410. The van der Waals surface area contributed by atoms with Gasteiger partial charge in [-0.15, -0.1) is 0 Å². The third kappa shape index (κ3) is 3.55. The van der Waals surface area contributed by atoms with Crippen molar-refractivity contribution >= 4 is 0 Å². The van der Waals surface area contributed by atoms with E-state index in [0.717, 1.165) is 14.2 Å². The lowest BCUT2D eigenvalue weighted by atomic mass is 10.0. The number of halogens is 3. The van der Waals surface area contributed by atoms with Crippen LogP contribution in [0, 0.1) is 0 Å². The van der Waals surface area contributed by atoms with Crippen LogP contribution < -0.4 is 0 Å². The van der Waals surface area contributed by atoms with Crippen molar-refractivity contribution < 1.29 is 37.2 Å². The molecular formula is C10H19F3O5. The van der Waals surface area contributed by atoms with Crippen LogP contribution in [0.2, 0.25) is 0 Å². The van der Waals surface area contributed by atoms with Gasteiger partial charge in [0.05, 0.1) is 0 Å².